The van der Waals surface area contributed by atoms with E-state index in [4.69, 9.17) is 16.0 Å². The molecule has 0 N–H and O–H groups in total. The van der Waals surface area contributed by atoms with Crippen molar-refractivity contribution >= 4 is 34.0 Å². The summed E-state index contributed by atoms with van der Waals surface area (Å²) in [6, 6.07) is 3.69. The Bertz CT molecular complexity index is 538. The maximum absolute atomic E-state index is 11.4. The van der Waals surface area contributed by atoms with Crippen molar-refractivity contribution in [2.45, 2.75) is 6.54 Å². The van der Waals surface area contributed by atoms with Gasteiger partial charge >= 0.3 is 5.97 Å². The summed E-state index contributed by atoms with van der Waals surface area (Å²) in [6.07, 6.45) is 1.61. The SMILES string of the molecule is COC(=O)c1sc(N(C)Cc2ccco2)nc1Cl. The van der Waals surface area contributed by atoms with Crippen LogP contribution in [0.5, 0.6) is 0 Å². The highest BCUT2D eigenvalue weighted by atomic mass is 35.5. The number of methoxy groups -OCH3 is 1. The van der Waals surface area contributed by atoms with Crippen LogP contribution in [0.25, 0.3) is 0 Å². The summed E-state index contributed by atoms with van der Waals surface area (Å²) >= 11 is 7.08. The fraction of sp³-hybridized carbons (Fsp3) is 0.273. The summed E-state index contributed by atoms with van der Waals surface area (Å²) in [5, 5.41) is 0.796. The molecule has 0 aliphatic rings. The van der Waals surface area contributed by atoms with Crippen molar-refractivity contribution in [3.05, 3.63) is 34.2 Å². The third-order valence-corrected chi connectivity index (χ3v) is 3.78. The minimum atomic E-state index is -0.477. The van der Waals surface area contributed by atoms with Crippen LogP contribution in [0, 0.1) is 0 Å². The molecule has 0 saturated heterocycles. The Hall–Kier alpha value is -1.53. The minimum Gasteiger partial charge on any atom is -0.467 e. The van der Waals surface area contributed by atoms with Crippen LogP contribution in [0.3, 0.4) is 0 Å². The average Bonchev–Trinajstić information content (AvgIpc) is 2.97. The molecule has 0 bridgehead atoms. The van der Waals surface area contributed by atoms with E-state index in [0.29, 0.717) is 16.6 Å². The van der Waals surface area contributed by atoms with Crippen LogP contribution in [0.15, 0.2) is 22.8 Å². The Morgan fingerprint density at radius 1 is 1.67 bits per heavy atom. The first-order valence-corrected chi connectivity index (χ1v) is 6.29. The molecule has 0 aliphatic heterocycles. The first-order chi connectivity index (χ1) is 8.61. The van der Waals surface area contributed by atoms with Gasteiger partial charge in [0.25, 0.3) is 0 Å². The van der Waals surface area contributed by atoms with E-state index in [9.17, 15) is 4.79 Å². The van der Waals surface area contributed by atoms with Crippen molar-refractivity contribution in [1.29, 1.82) is 0 Å². The maximum Gasteiger partial charge on any atom is 0.351 e. The number of esters is 1. The number of rotatable bonds is 4. The van der Waals surface area contributed by atoms with E-state index in [0.717, 1.165) is 5.76 Å². The van der Waals surface area contributed by atoms with Crippen LogP contribution in [0.2, 0.25) is 5.15 Å². The van der Waals surface area contributed by atoms with Crippen molar-refractivity contribution in [2.75, 3.05) is 19.1 Å². The van der Waals surface area contributed by atoms with Gasteiger partial charge in [-0.3, -0.25) is 0 Å². The van der Waals surface area contributed by atoms with E-state index in [2.05, 4.69) is 9.72 Å². The smallest absolute Gasteiger partial charge is 0.351 e. The van der Waals surface area contributed by atoms with Gasteiger partial charge < -0.3 is 14.1 Å². The largest absolute Gasteiger partial charge is 0.467 e. The van der Waals surface area contributed by atoms with Gasteiger partial charge in [0.15, 0.2) is 15.2 Å². The van der Waals surface area contributed by atoms with Crippen molar-refractivity contribution in [3.63, 3.8) is 0 Å². The Labute approximate surface area is 113 Å². The Balaban J connectivity index is 2.16. The van der Waals surface area contributed by atoms with Crippen LogP contribution in [0.4, 0.5) is 5.13 Å². The number of thiazole rings is 1. The lowest BCUT2D eigenvalue weighted by Gasteiger charge is -2.13. The van der Waals surface area contributed by atoms with Crippen molar-refractivity contribution in [1.82, 2.24) is 4.98 Å². The van der Waals surface area contributed by atoms with Crippen LogP contribution in [-0.4, -0.2) is 25.1 Å². The quantitative estimate of drug-likeness (QED) is 0.809. The number of nitrogens with zero attached hydrogens (tertiary/aromatic N) is 2. The van der Waals surface area contributed by atoms with Gasteiger partial charge in [0.1, 0.15) is 5.76 Å². The van der Waals surface area contributed by atoms with Crippen molar-refractivity contribution < 1.29 is 13.9 Å². The van der Waals surface area contributed by atoms with Crippen LogP contribution in [-0.2, 0) is 11.3 Å². The molecule has 2 rings (SSSR count). The number of aromatic nitrogens is 1. The number of furan rings is 1. The molecule has 0 atom stereocenters. The second-order valence-electron chi connectivity index (χ2n) is 3.54. The zero-order valence-electron chi connectivity index (χ0n) is 9.84. The fourth-order valence-electron chi connectivity index (χ4n) is 1.38. The zero-order valence-corrected chi connectivity index (χ0v) is 11.4. The van der Waals surface area contributed by atoms with Gasteiger partial charge in [0.05, 0.1) is 19.9 Å². The number of hydrogen-bond donors (Lipinski definition) is 0. The highest BCUT2D eigenvalue weighted by molar-refractivity contribution is 7.18. The van der Waals surface area contributed by atoms with E-state index in [-0.39, 0.29) is 5.15 Å². The lowest BCUT2D eigenvalue weighted by Crippen LogP contribution is -2.15. The predicted molar refractivity (Wildman–Crippen MR) is 69.3 cm³/mol. The van der Waals surface area contributed by atoms with Crippen LogP contribution < -0.4 is 4.90 Å². The third kappa shape index (κ3) is 2.65. The summed E-state index contributed by atoms with van der Waals surface area (Å²) in [7, 11) is 3.16. The van der Waals surface area contributed by atoms with Gasteiger partial charge in [-0.2, -0.15) is 0 Å². The number of carbonyl (C=O) groups is 1. The molecule has 2 aromatic heterocycles. The molecular weight excluding hydrogens is 276 g/mol. The lowest BCUT2D eigenvalue weighted by atomic mass is 10.4. The number of hydrogen-bond acceptors (Lipinski definition) is 6. The Morgan fingerprint density at radius 2 is 2.44 bits per heavy atom. The second-order valence-corrected chi connectivity index (χ2v) is 4.88. The fourth-order valence-corrected chi connectivity index (χ4v) is 2.54. The average molecular weight is 287 g/mol. The molecule has 0 radical (unpaired) electrons. The van der Waals surface area contributed by atoms with E-state index >= 15 is 0 Å². The molecular formula is C11H11ClN2O3S. The normalized spacial score (nSPS) is 10.4. The maximum atomic E-state index is 11.4. The summed E-state index contributed by atoms with van der Waals surface area (Å²) in [4.78, 5) is 17.7. The first kappa shape index (κ1) is 12.9. The standard InChI is InChI=1S/C11H11ClN2O3S/c1-14(6-7-4-3-5-17-7)11-13-9(12)8(18-11)10(15)16-2/h3-5H,6H2,1-2H3. The number of ether oxygens (including phenoxy) is 1. The van der Waals surface area contributed by atoms with E-state index in [1.165, 1.54) is 18.4 Å². The summed E-state index contributed by atoms with van der Waals surface area (Å²) < 4.78 is 9.87. The zero-order chi connectivity index (χ0) is 13.1. The molecule has 0 saturated carbocycles. The van der Waals surface area contributed by atoms with Crippen molar-refractivity contribution in [3.8, 4) is 0 Å². The van der Waals surface area contributed by atoms with Gasteiger partial charge in [-0.1, -0.05) is 22.9 Å². The molecule has 2 heterocycles. The summed E-state index contributed by atoms with van der Waals surface area (Å²) in [5.41, 5.74) is 0. The molecule has 0 unspecified atom stereocenters. The molecule has 2 aromatic rings. The number of anilines is 1. The van der Waals surface area contributed by atoms with Gasteiger partial charge in [-0.15, -0.1) is 0 Å². The molecule has 0 amide bonds. The summed E-state index contributed by atoms with van der Waals surface area (Å²) in [6.45, 7) is 0.553. The van der Waals surface area contributed by atoms with Gasteiger partial charge in [-0.25, -0.2) is 9.78 Å². The number of halogens is 1. The van der Waals surface area contributed by atoms with Gasteiger partial charge in [-0.05, 0) is 12.1 Å². The highest BCUT2D eigenvalue weighted by Crippen LogP contribution is 2.30. The Morgan fingerprint density at radius 3 is 3.06 bits per heavy atom. The molecule has 0 fully saturated rings. The minimum absolute atomic E-state index is 0.160. The van der Waals surface area contributed by atoms with Crippen LogP contribution >= 0.6 is 22.9 Å². The molecule has 0 spiro atoms. The Kier molecular flexibility index (Phi) is 3.88. The molecule has 7 heteroatoms. The molecule has 96 valence electrons. The number of carbonyl (C=O) groups excluding carboxylic acids is 1. The van der Waals surface area contributed by atoms with Gasteiger partial charge in [0.2, 0.25) is 0 Å². The topological polar surface area (TPSA) is 55.6 Å². The van der Waals surface area contributed by atoms with Gasteiger partial charge in [0, 0.05) is 7.05 Å². The lowest BCUT2D eigenvalue weighted by molar-refractivity contribution is 0.0606. The van der Waals surface area contributed by atoms with Crippen molar-refractivity contribution in [2.24, 2.45) is 0 Å². The summed E-state index contributed by atoms with van der Waals surface area (Å²) in [5.74, 6) is 0.332. The molecule has 0 aliphatic carbocycles. The van der Waals surface area contributed by atoms with E-state index in [1.54, 1.807) is 6.26 Å². The predicted octanol–water partition coefficient (Wildman–Crippen LogP) is 2.81. The molecule has 5 nitrogen and oxygen atoms in total. The molecule has 18 heavy (non-hydrogen) atoms. The monoisotopic (exact) mass is 286 g/mol. The second kappa shape index (κ2) is 5.41. The van der Waals surface area contributed by atoms with Crippen LogP contribution in [0.1, 0.15) is 15.4 Å². The third-order valence-electron chi connectivity index (χ3n) is 2.24. The highest BCUT2D eigenvalue weighted by Gasteiger charge is 2.19. The van der Waals surface area contributed by atoms with E-state index in [1.807, 2.05) is 24.1 Å². The molecule has 0 aromatic carbocycles. The van der Waals surface area contributed by atoms with E-state index < -0.39 is 5.97 Å². The first-order valence-electron chi connectivity index (χ1n) is 5.10.